The van der Waals surface area contributed by atoms with Crippen LogP contribution in [0.1, 0.15) is 79.7 Å². The lowest BCUT2D eigenvalue weighted by molar-refractivity contribution is 0.0389. The van der Waals surface area contributed by atoms with Crippen molar-refractivity contribution in [2.24, 2.45) is 0 Å². The smallest absolute Gasteiger partial charge is 0.180 e. The standard InChI is InChI=1S/C32H35N7O/c1-3-28-34-29-20(2)18-23(14-17-32(40)15-6-7-16-32)33-31(29)39(28)27-13-11-22-19-21(10-12-25(22)27)24-8-4-5-9-26(24)30-35-37-38-36-30/h4-5,8-10,12,18-19,27,40H,3,6-7,11,13-17H2,1-2H3,(H,35,36,37,38)/t27-/m0/s1. The Labute approximate surface area is 233 Å². The van der Waals surface area contributed by atoms with Gasteiger partial charge in [-0.05, 0) is 89.8 Å². The van der Waals surface area contributed by atoms with Crippen molar-refractivity contribution in [3.05, 3.63) is 76.7 Å². The van der Waals surface area contributed by atoms with Gasteiger partial charge in [-0.3, -0.25) is 0 Å². The summed E-state index contributed by atoms with van der Waals surface area (Å²) in [5.74, 6) is 1.76. The first-order chi connectivity index (χ1) is 19.5. The molecule has 1 fully saturated rings. The van der Waals surface area contributed by atoms with Gasteiger partial charge in [0.15, 0.2) is 11.5 Å². The van der Waals surface area contributed by atoms with E-state index in [4.69, 9.17) is 9.97 Å². The predicted molar refractivity (Wildman–Crippen MR) is 155 cm³/mol. The zero-order valence-electron chi connectivity index (χ0n) is 23.2. The van der Waals surface area contributed by atoms with E-state index in [9.17, 15) is 5.11 Å². The number of nitrogens with one attached hydrogen (secondary N) is 1. The molecule has 204 valence electrons. The molecule has 1 saturated carbocycles. The largest absolute Gasteiger partial charge is 0.390 e. The van der Waals surface area contributed by atoms with Gasteiger partial charge >= 0.3 is 0 Å². The monoisotopic (exact) mass is 533 g/mol. The van der Waals surface area contributed by atoms with E-state index in [0.29, 0.717) is 5.82 Å². The average Bonchev–Trinajstić information content (AvgIpc) is 3.78. The molecule has 8 heteroatoms. The van der Waals surface area contributed by atoms with Crippen molar-refractivity contribution in [3.8, 4) is 22.5 Å². The summed E-state index contributed by atoms with van der Waals surface area (Å²) < 4.78 is 2.40. The summed E-state index contributed by atoms with van der Waals surface area (Å²) in [7, 11) is 0. The summed E-state index contributed by atoms with van der Waals surface area (Å²) in [5.41, 5.74) is 9.67. The van der Waals surface area contributed by atoms with E-state index >= 15 is 0 Å². The van der Waals surface area contributed by atoms with Crippen molar-refractivity contribution in [3.63, 3.8) is 0 Å². The van der Waals surface area contributed by atoms with Gasteiger partial charge in [0.25, 0.3) is 0 Å². The number of pyridine rings is 1. The summed E-state index contributed by atoms with van der Waals surface area (Å²) in [4.78, 5) is 10.3. The molecule has 40 heavy (non-hydrogen) atoms. The third-order valence-electron chi connectivity index (χ3n) is 9.00. The van der Waals surface area contributed by atoms with Gasteiger partial charge in [-0.25, -0.2) is 15.1 Å². The van der Waals surface area contributed by atoms with Crippen LogP contribution in [0.3, 0.4) is 0 Å². The number of hydrogen-bond donors (Lipinski definition) is 2. The Morgan fingerprint density at radius 1 is 1.05 bits per heavy atom. The van der Waals surface area contributed by atoms with Gasteiger partial charge in [-0.2, -0.15) is 0 Å². The molecule has 0 unspecified atom stereocenters. The van der Waals surface area contributed by atoms with Gasteiger partial charge < -0.3 is 9.67 Å². The van der Waals surface area contributed by atoms with Gasteiger partial charge in [0.1, 0.15) is 11.3 Å². The second-order valence-corrected chi connectivity index (χ2v) is 11.5. The van der Waals surface area contributed by atoms with Gasteiger partial charge in [-0.1, -0.05) is 62.2 Å². The molecule has 2 aromatic carbocycles. The van der Waals surface area contributed by atoms with Crippen molar-refractivity contribution >= 4 is 11.2 Å². The number of nitrogens with zero attached hydrogens (tertiary/aromatic N) is 6. The first-order valence-electron chi connectivity index (χ1n) is 14.6. The molecule has 0 radical (unpaired) electrons. The highest BCUT2D eigenvalue weighted by atomic mass is 16.3. The number of rotatable bonds is 7. The zero-order valence-corrected chi connectivity index (χ0v) is 23.2. The van der Waals surface area contributed by atoms with Crippen LogP contribution in [0, 0.1) is 6.92 Å². The molecule has 8 nitrogen and oxygen atoms in total. The van der Waals surface area contributed by atoms with E-state index in [1.807, 2.05) is 6.07 Å². The molecule has 2 aliphatic rings. The highest BCUT2D eigenvalue weighted by molar-refractivity contribution is 5.81. The van der Waals surface area contributed by atoms with Crippen LogP contribution in [0.25, 0.3) is 33.7 Å². The molecule has 0 bridgehead atoms. The SMILES string of the molecule is CCc1nc2c(C)cc(CCC3(O)CCCC3)nc2n1[C@H]1CCc2cc(-c3ccccc3-c3nnn[nH]3)ccc21. The summed E-state index contributed by atoms with van der Waals surface area (Å²) in [5, 5.41) is 25.5. The number of benzene rings is 2. The fourth-order valence-corrected chi connectivity index (χ4v) is 6.92. The molecule has 5 aromatic rings. The fourth-order valence-electron chi connectivity index (χ4n) is 6.92. The first-order valence-corrected chi connectivity index (χ1v) is 14.6. The maximum atomic E-state index is 10.9. The van der Waals surface area contributed by atoms with Crippen LogP contribution in [0.4, 0.5) is 0 Å². The van der Waals surface area contributed by atoms with E-state index in [1.165, 1.54) is 22.3 Å². The molecule has 1 atom stereocenters. The zero-order chi connectivity index (χ0) is 27.3. The lowest BCUT2D eigenvalue weighted by Crippen LogP contribution is -2.24. The number of H-pyrrole nitrogens is 1. The minimum absolute atomic E-state index is 0.207. The van der Waals surface area contributed by atoms with E-state index in [0.717, 1.165) is 91.6 Å². The molecule has 2 N–H and O–H groups in total. The maximum absolute atomic E-state index is 10.9. The van der Waals surface area contributed by atoms with Crippen molar-refractivity contribution in [1.82, 2.24) is 35.2 Å². The number of aryl methyl sites for hydroxylation is 4. The third-order valence-corrected chi connectivity index (χ3v) is 9.00. The third kappa shape index (κ3) is 4.31. The number of fused-ring (bicyclic) bond motifs is 2. The van der Waals surface area contributed by atoms with Crippen LogP contribution in [-0.2, 0) is 19.3 Å². The topological polar surface area (TPSA) is 105 Å². The Balaban J connectivity index is 1.25. The van der Waals surface area contributed by atoms with Gasteiger partial charge in [0.2, 0.25) is 0 Å². The van der Waals surface area contributed by atoms with Crippen LogP contribution >= 0.6 is 0 Å². The van der Waals surface area contributed by atoms with Crippen LogP contribution in [-0.4, -0.2) is 45.9 Å². The maximum Gasteiger partial charge on any atom is 0.180 e. The van der Waals surface area contributed by atoms with Crippen molar-refractivity contribution in [2.45, 2.75) is 83.3 Å². The van der Waals surface area contributed by atoms with Crippen molar-refractivity contribution < 1.29 is 5.11 Å². The van der Waals surface area contributed by atoms with E-state index in [1.54, 1.807) is 0 Å². The number of aromatic amines is 1. The Hall–Kier alpha value is -3.91. The van der Waals surface area contributed by atoms with Crippen LogP contribution in [0.2, 0.25) is 0 Å². The number of imidazole rings is 1. The van der Waals surface area contributed by atoms with Gasteiger partial charge in [0, 0.05) is 17.7 Å². The molecule has 0 amide bonds. The second-order valence-electron chi connectivity index (χ2n) is 11.5. The van der Waals surface area contributed by atoms with E-state index in [2.05, 4.69) is 81.5 Å². The van der Waals surface area contributed by atoms with Crippen molar-refractivity contribution in [1.29, 1.82) is 0 Å². The summed E-state index contributed by atoms with van der Waals surface area (Å²) in [6, 6.07) is 17.5. The molecule has 3 heterocycles. The number of aliphatic hydroxyl groups is 1. The van der Waals surface area contributed by atoms with Crippen LogP contribution < -0.4 is 0 Å². The van der Waals surface area contributed by atoms with Crippen LogP contribution in [0.15, 0.2) is 48.5 Å². The average molecular weight is 534 g/mol. The Morgan fingerprint density at radius 2 is 1.88 bits per heavy atom. The highest BCUT2D eigenvalue weighted by Crippen LogP contribution is 2.41. The minimum atomic E-state index is -0.524. The lowest BCUT2D eigenvalue weighted by atomic mass is 9.94. The molecular formula is C32H35N7O. The molecule has 0 saturated heterocycles. The fraction of sp³-hybridized carbons (Fsp3) is 0.406. The lowest BCUT2D eigenvalue weighted by Gasteiger charge is -2.22. The van der Waals surface area contributed by atoms with E-state index < -0.39 is 5.60 Å². The highest BCUT2D eigenvalue weighted by Gasteiger charge is 2.32. The summed E-state index contributed by atoms with van der Waals surface area (Å²) >= 11 is 0. The minimum Gasteiger partial charge on any atom is -0.390 e. The number of tetrazole rings is 1. The first kappa shape index (κ1) is 25.1. The normalized spacial score (nSPS) is 18.0. The van der Waals surface area contributed by atoms with Gasteiger partial charge in [-0.15, -0.1) is 5.10 Å². The van der Waals surface area contributed by atoms with Crippen molar-refractivity contribution in [2.75, 3.05) is 0 Å². The Kier molecular flexibility index (Phi) is 6.23. The Bertz CT molecular complexity index is 1680. The second kappa shape index (κ2) is 9.93. The van der Waals surface area contributed by atoms with Crippen LogP contribution in [0.5, 0.6) is 0 Å². The molecular weight excluding hydrogens is 498 g/mol. The molecule has 2 aliphatic carbocycles. The summed E-state index contributed by atoms with van der Waals surface area (Å²) in [6.07, 6.45) is 8.53. The molecule has 7 rings (SSSR count). The molecule has 0 aliphatic heterocycles. The van der Waals surface area contributed by atoms with E-state index in [-0.39, 0.29) is 6.04 Å². The summed E-state index contributed by atoms with van der Waals surface area (Å²) in [6.45, 7) is 4.32. The number of aromatic nitrogens is 7. The quantitative estimate of drug-likeness (QED) is 0.269. The van der Waals surface area contributed by atoms with Gasteiger partial charge in [0.05, 0.1) is 11.6 Å². The predicted octanol–water partition coefficient (Wildman–Crippen LogP) is 5.92. The number of hydrogen-bond acceptors (Lipinski definition) is 6. The Morgan fingerprint density at radius 3 is 2.65 bits per heavy atom. The molecule has 3 aromatic heterocycles. The molecule has 0 spiro atoms.